The summed E-state index contributed by atoms with van der Waals surface area (Å²) in [6.07, 6.45) is 4.79. The molecule has 0 saturated heterocycles. The van der Waals surface area contributed by atoms with Crippen LogP contribution in [0.5, 0.6) is 0 Å². The number of allylic oxidation sites excluding steroid dienone is 1. The molecular formula is C17H26N2O2S. The zero-order valence-electron chi connectivity index (χ0n) is 14.2. The van der Waals surface area contributed by atoms with Crippen molar-refractivity contribution in [3.05, 3.63) is 29.8 Å². The van der Waals surface area contributed by atoms with Crippen LogP contribution in [0.4, 0.5) is 16.2 Å². The van der Waals surface area contributed by atoms with Gasteiger partial charge in [-0.05, 0) is 51.1 Å². The van der Waals surface area contributed by atoms with E-state index in [1.807, 2.05) is 46.0 Å². The lowest BCUT2D eigenvalue weighted by atomic mass is 10.1. The number of thioether (sulfide) groups is 1. The predicted octanol–water partition coefficient (Wildman–Crippen LogP) is 5.19. The Morgan fingerprint density at radius 2 is 2.00 bits per heavy atom. The van der Waals surface area contributed by atoms with E-state index in [1.165, 1.54) is 4.91 Å². The van der Waals surface area contributed by atoms with Crippen molar-refractivity contribution in [2.24, 2.45) is 0 Å². The summed E-state index contributed by atoms with van der Waals surface area (Å²) in [4.78, 5) is 13.1. The van der Waals surface area contributed by atoms with E-state index in [0.29, 0.717) is 5.69 Å². The van der Waals surface area contributed by atoms with Gasteiger partial charge < -0.3 is 10.1 Å². The van der Waals surface area contributed by atoms with Gasteiger partial charge in [-0.1, -0.05) is 19.1 Å². The summed E-state index contributed by atoms with van der Waals surface area (Å²) in [6, 6.07) is 5.93. The fraction of sp³-hybridized carbons (Fsp3) is 0.471. The number of carbonyl (C=O) groups is 1. The first-order chi connectivity index (χ1) is 10.3. The SMILES string of the molecule is CC/C=C(\SC)c1ccc(NC(=O)OC(C)(C)C)c(NC)c1. The molecular weight excluding hydrogens is 296 g/mol. The third kappa shape index (κ3) is 5.64. The molecule has 0 atom stereocenters. The van der Waals surface area contributed by atoms with Gasteiger partial charge in [-0.25, -0.2) is 4.79 Å². The fourth-order valence-electron chi connectivity index (χ4n) is 1.93. The van der Waals surface area contributed by atoms with Gasteiger partial charge in [-0.2, -0.15) is 0 Å². The van der Waals surface area contributed by atoms with Crippen LogP contribution in [0.15, 0.2) is 24.3 Å². The molecule has 0 bridgehead atoms. The Bertz CT molecular complexity index is 548. The molecule has 4 nitrogen and oxygen atoms in total. The minimum Gasteiger partial charge on any atom is -0.444 e. The van der Waals surface area contributed by atoms with Crippen molar-refractivity contribution in [3.8, 4) is 0 Å². The van der Waals surface area contributed by atoms with Gasteiger partial charge in [-0.3, -0.25) is 5.32 Å². The monoisotopic (exact) mass is 322 g/mol. The first kappa shape index (κ1) is 18.4. The normalized spacial score (nSPS) is 12.0. The first-order valence-corrected chi connectivity index (χ1v) is 8.59. The van der Waals surface area contributed by atoms with Gasteiger partial charge >= 0.3 is 6.09 Å². The lowest BCUT2D eigenvalue weighted by Gasteiger charge is -2.20. The zero-order chi connectivity index (χ0) is 16.8. The summed E-state index contributed by atoms with van der Waals surface area (Å²) >= 11 is 1.72. The number of hydrogen-bond acceptors (Lipinski definition) is 4. The molecule has 0 unspecified atom stereocenters. The Morgan fingerprint density at radius 3 is 2.50 bits per heavy atom. The lowest BCUT2D eigenvalue weighted by molar-refractivity contribution is 0.0636. The molecule has 0 aliphatic heterocycles. The number of amides is 1. The van der Waals surface area contributed by atoms with Gasteiger partial charge in [-0.15, -0.1) is 11.8 Å². The Hall–Kier alpha value is -1.62. The summed E-state index contributed by atoms with van der Waals surface area (Å²) in [6.45, 7) is 7.65. The Balaban J connectivity index is 2.99. The van der Waals surface area contributed by atoms with Gasteiger partial charge in [0.1, 0.15) is 5.60 Å². The van der Waals surface area contributed by atoms with Crippen molar-refractivity contribution in [3.63, 3.8) is 0 Å². The molecule has 5 heteroatoms. The van der Waals surface area contributed by atoms with Gasteiger partial charge in [0.25, 0.3) is 0 Å². The third-order valence-electron chi connectivity index (χ3n) is 2.82. The van der Waals surface area contributed by atoms with Crippen molar-refractivity contribution < 1.29 is 9.53 Å². The molecule has 22 heavy (non-hydrogen) atoms. The molecule has 0 heterocycles. The van der Waals surface area contributed by atoms with Crippen LogP contribution in [0, 0.1) is 0 Å². The minimum absolute atomic E-state index is 0.453. The highest BCUT2D eigenvalue weighted by Gasteiger charge is 2.17. The molecule has 2 N–H and O–H groups in total. The highest BCUT2D eigenvalue weighted by atomic mass is 32.2. The van der Waals surface area contributed by atoms with Crippen LogP contribution in [0.2, 0.25) is 0 Å². The number of anilines is 2. The average molecular weight is 322 g/mol. The van der Waals surface area contributed by atoms with E-state index in [4.69, 9.17) is 4.74 Å². The van der Waals surface area contributed by atoms with Gasteiger partial charge in [0.05, 0.1) is 11.4 Å². The van der Waals surface area contributed by atoms with Crippen molar-refractivity contribution in [1.82, 2.24) is 0 Å². The van der Waals surface area contributed by atoms with Crippen molar-refractivity contribution in [1.29, 1.82) is 0 Å². The summed E-state index contributed by atoms with van der Waals surface area (Å²) in [5.41, 5.74) is 2.19. The van der Waals surface area contributed by atoms with Crippen LogP contribution in [0.1, 0.15) is 39.7 Å². The first-order valence-electron chi connectivity index (χ1n) is 7.37. The molecule has 0 saturated carbocycles. The molecule has 0 aromatic heterocycles. The largest absolute Gasteiger partial charge is 0.444 e. The highest BCUT2D eigenvalue weighted by molar-refractivity contribution is 8.07. The highest BCUT2D eigenvalue weighted by Crippen LogP contribution is 2.31. The van der Waals surface area contributed by atoms with E-state index in [1.54, 1.807) is 11.8 Å². The van der Waals surface area contributed by atoms with Gasteiger partial charge in [0, 0.05) is 12.0 Å². The number of benzene rings is 1. The van der Waals surface area contributed by atoms with E-state index in [2.05, 4.69) is 29.9 Å². The van der Waals surface area contributed by atoms with Gasteiger partial charge in [0.2, 0.25) is 0 Å². The number of carbonyl (C=O) groups excluding carboxylic acids is 1. The summed E-state index contributed by atoms with van der Waals surface area (Å²) < 4.78 is 5.29. The van der Waals surface area contributed by atoms with Crippen LogP contribution >= 0.6 is 11.8 Å². The average Bonchev–Trinajstić information content (AvgIpc) is 2.43. The Kier molecular flexibility index (Phi) is 6.81. The summed E-state index contributed by atoms with van der Waals surface area (Å²) in [5, 5.41) is 5.90. The molecule has 1 rings (SSSR count). The minimum atomic E-state index is -0.514. The fourth-order valence-corrected chi connectivity index (χ4v) is 2.63. The van der Waals surface area contributed by atoms with Crippen LogP contribution in [-0.2, 0) is 4.74 Å². The second kappa shape index (κ2) is 8.13. The number of rotatable bonds is 5. The molecule has 1 aromatic carbocycles. The molecule has 0 aliphatic carbocycles. The van der Waals surface area contributed by atoms with Crippen molar-refractivity contribution in [2.75, 3.05) is 23.9 Å². The molecule has 1 aromatic rings. The standard InChI is InChI=1S/C17H26N2O2S/c1-7-8-15(22-6)12-9-10-13(14(11-12)18-5)19-16(20)21-17(2,3)4/h8-11,18H,7H2,1-6H3,(H,19,20)/b15-8-. The van der Waals surface area contributed by atoms with Crippen molar-refractivity contribution in [2.45, 2.75) is 39.7 Å². The quantitative estimate of drug-likeness (QED) is 0.783. The molecule has 0 fully saturated rings. The van der Waals surface area contributed by atoms with E-state index in [0.717, 1.165) is 17.7 Å². The zero-order valence-corrected chi connectivity index (χ0v) is 15.1. The van der Waals surface area contributed by atoms with Crippen LogP contribution in [0.25, 0.3) is 4.91 Å². The maximum Gasteiger partial charge on any atom is 0.412 e. The Labute approximate surface area is 137 Å². The molecule has 1 amide bonds. The smallest absolute Gasteiger partial charge is 0.412 e. The van der Waals surface area contributed by atoms with Crippen LogP contribution in [0.3, 0.4) is 0 Å². The van der Waals surface area contributed by atoms with E-state index in [-0.39, 0.29) is 0 Å². The second-order valence-electron chi connectivity index (χ2n) is 5.82. The predicted molar refractivity (Wildman–Crippen MR) is 97.6 cm³/mol. The van der Waals surface area contributed by atoms with E-state index < -0.39 is 11.7 Å². The van der Waals surface area contributed by atoms with E-state index in [9.17, 15) is 4.79 Å². The maximum atomic E-state index is 11.9. The number of ether oxygens (including phenoxy) is 1. The van der Waals surface area contributed by atoms with Crippen LogP contribution in [-0.4, -0.2) is 25.0 Å². The summed E-state index contributed by atoms with van der Waals surface area (Å²) in [5.74, 6) is 0. The van der Waals surface area contributed by atoms with Crippen LogP contribution < -0.4 is 10.6 Å². The van der Waals surface area contributed by atoms with Crippen molar-refractivity contribution >= 4 is 34.1 Å². The lowest BCUT2D eigenvalue weighted by Crippen LogP contribution is -2.27. The Morgan fingerprint density at radius 1 is 1.32 bits per heavy atom. The number of nitrogens with one attached hydrogen (secondary N) is 2. The van der Waals surface area contributed by atoms with Gasteiger partial charge in [0.15, 0.2) is 0 Å². The number of hydrogen-bond donors (Lipinski definition) is 2. The molecule has 0 aliphatic rings. The third-order valence-corrected chi connectivity index (χ3v) is 3.66. The molecule has 122 valence electrons. The molecule has 0 radical (unpaired) electrons. The van der Waals surface area contributed by atoms with E-state index >= 15 is 0 Å². The second-order valence-corrected chi connectivity index (χ2v) is 6.67. The maximum absolute atomic E-state index is 11.9. The topological polar surface area (TPSA) is 50.4 Å². The molecule has 0 spiro atoms. The summed E-state index contributed by atoms with van der Waals surface area (Å²) in [7, 11) is 1.84.